The van der Waals surface area contributed by atoms with Gasteiger partial charge in [-0.05, 0) is 61.6 Å². The lowest BCUT2D eigenvalue weighted by Gasteiger charge is -2.23. The van der Waals surface area contributed by atoms with Crippen molar-refractivity contribution in [1.29, 1.82) is 0 Å². The molecule has 0 saturated heterocycles. The zero-order chi connectivity index (χ0) is 24.5. The van der Waals surface area contributed by atoms with Gasteiger partial charge in [0.1, 0.15) is 12.2 Å². The fraction of sp³-hybridized carbons (Fsp3) is 0.286. The Labute approximate surface area is 205 Å². The normalized spacial score (nSPS) is 13.6. The topological polar surface area (TPSA) is 64.6 Å². The minimum Gasteiger partial charge on any atom is -0.460 e. The lowest BCUT2D eigenvalue weighted by atomic mass is 9.98. The Morgan fingerprint density at radius 3 is 2.12 bits per heavy atom. The van der Waals surface area contributed by atoms with Crippen molar-refractivity contribution in [3.63, 3.8) is 0 Å². The zero-order valence-electron chi connectivity index (χ0n) is 19.7. The van der Waals surface area contributed by atoms with Crippen molar-refractivity contribution in [1.82, 2.24) is 0 Å². The maximum absolute atomic E-state index is 12.7. The van der Waals surface area contributed by atoms with Crippen molar-refractivity contribution < 1.29 is 19.1 Å². The first kappa shape index (κ1) is 23.8. The van der Waals surface area contributed by atoms with Crippen LogP contribution in [0, 0.1) is 0 Å². The van der Waals surface area contributed by atoms with Gasteiger partial charge in [-0.25, -0.2) is 4.79 Å². The van der Waals surface area contributed by atoms with Crippen LogP contribution >= 0.6 is 11.6 Å². The maximum atomic E-state index is 12.7. The van der Waals surface area contributed by atoms with Crippen molar-refractivity contribution in [3.05, 3.63) is 88.4 Å². The van der Waals surface area contributed by atoms with Crippen molar-refractivity contribution in [3.8, 4) is 11.1 Å². The fourth-order valence-corrected chi connectivity index (χ4v) is 4.58. The molecule has 0 fully saturated rings. The summed E-state index contributed by atoms with van der Waals surface area (Å²) in [7, 11) is 0. The van der Waals surface area contributed by atoms with Gasteiger partial charge in [-0.3, -0.25) is 10.1 Å². The van der Waals surface area contributed by atoms with Gasteiger partial charge in [-0.2, -0.15) is 0 Å². The number of carbonyl (C=O) groups is 2. The number of nitrogens with one attached hydrogen (secondary N) is 1. The standard InChI is InChI=1S/C28H28ClNO4/c1-17(26(31)34-28(2,3)4)18-14-9-15-24(25(18)29)30-27(32)33-16-23-21-12-7-5-10-19(21)20-11-6-8-13-22(20)23/h5-15,17,23H,16H2,1-4H3,(H,30,32). The molecule has 0 aliphatic heterocycles. The molecular weight excluding hydrogens is 450 g/mol. The van der Waals surface area contributed by atoms with E-state index in [0.717, 1.165) is 11.1 Å². The summed E-state index contributed by atoms with van der Waals surface area (Å²) in [4.78, 5) is 25.2. The molecule has 1 aliphatic carbocycles. The number of anilines is 1. The molecule has 5 nitrogen and oxygen atoms in total. The lowest BCUT2D eigenvalue weighted by molar-refractivity contribution is -0.156. The number of ether oxygens (including phenoxy) is 2. The second-order valence-corrected chi connectivity index (χ2v) is 9.79. The third kappa shape index (κ3) is 4.95. The van der Waals surface area contributed by atoms with Gasteiger partial charge in [0.2, 0.25) is 0 Å². The van der Waals surface area contributed by atoms with Gasteiger partial charge in [0.25, 0.3) is 0 Å². The quantitative estimate of drug-likeness (QED) is 0.396. The first-order chi connectivity index (χ1) is 16.2. The van der Waals surface area contributed by atoms with Gasteiger partial charge in [-0.15, -0.1) is 0 Å². The Bertz CT molecular complexity index is 1190. The average molecular weight is 478 g/mol. The van der Waals surface area contributed by atoms with Crippen LogP contribution < -0.4 is 5.32 Å². The highest BCUT2D eigenvalue weighted by Crippen LogP contribution is 2.44. The van der Waals surface area contributed by atoms with E-state index in [9.17, 15) is 9.59 Å². The Kier molecular flexibility index (Phi) is 6.67. The van der Waals surface area contributed by atoms with Crippen molar-refractivity contribution in [2.45, 2.75) is 45.1 Å². The average Bonchev–Trinajstić information content (AvgIpc) is 3.11. The second kappa shape index (κ2) is 9.51. The van der Waals surface area contributed by atoms with Crippen LogP contribution in [0.5, 0.6) is 0 Å². The molecule has 34 heavy (non-hydrogen) atoms. The summed E-state index contributed by atoms with van der Waals surface area (Å²) in [6.45, 7) is 7.37. The number of carbonyl (C=O) groups excluding carboxylic acids is 2. The van der Waals surface area contributed by atoms with E-state index < -0.39 is 17.6 Å². The highest BCUT2D eigenvalue weighted by molar-refractivity contribution is 6.34. The Balaban J connectivity index is 1.45. The highest BCUT2D eigenvalue weighted by atomic mass is 35.5. The minimum atomic E-state index is -0.606. The summed E-state index contributed by atoms with van der Waals surface area (Å²) in [6.07, 6.45) is -0.606. The molecule has 3 aromatic rings. The first-order valence-corrected chi connectivity index (χ1v) is 11.7. The van der Waals surface area contributed by atoms with Crippen LogP contribution in [0.25, 0.3) is 11.1 Å². The maximum Gasteiger partial charge on any atom is 0.411 e. The molecule has 0 spiro atoms. The van der Waals surface area contributed by atoms with Crippen LogP contribution in [0.1, 0.15) is 56.2 Å². The molecule has 176 valence electrons. The predicted molar refractivity (Wildman–Crippen MR) is 134 cm³/mol. The summed E-state index contributed by atoms with van der Waals surface area (Å²) in [5, 5.41) is 3.01. The summed E-state index contributed by atoms with van der Waals surface area (Å²) in [5.41, 5.74) is 4.97. The number of rotatable bonds is 5. The number of fused-ring (bicyclic) bond motifs is 3. The first-order valence-electron chi connectivity index (χ1n) is 11.3. The van der Waals surface area contributed by atoms with Crippen LogP contribution in [0.2, 0.25) is 5.02 Å². The summed E-state index contributed by atoms with van der Waals surface area (Å²) >= 11 is 6.55. The monoisotopic (exact) mass is 477 g/mol. The van der Waals surface area contributed by atoms with E-state index in [0.29, 0.717) is 11.3 Å². The van der Waals surface area contributed by atoms with Crippen LogP contribution in [0.3, 0.4) is 0 Å². The van der Waals surface area contributed by atoms with E-state index in [2.05, 4.69) is 29.6 Å². The second-order valence-electron chi connectivity index (χ2n) is 9.41. The Morgan fingerprint density at radius 2 is 1.53 bits per heavy atom. The van der Waals surface area contributed by atoms with E-state index in [1.54, 1.807) is 25.1 Å². The largest absolute Gasteiger partial charge is 0.460 e. The molecular formula is C28H28ClNO4. The van der Waals surface area contributed by atoms with E-state index >= 15 is 0 Å². The van der Waals surface area contributed by atoms with Crippen molar-refractivity contribution >= 4 is 29.4 Å². The Hall–Kier alpha value is -3.31. The SMILES string of the molecule is CC(C(=O)OC(C)(C)C)c1cccc(NC(=O)OCC2c3ccccc3-c3ccccc32)c1Cl. The summed E-state index contributed by atoms with van der Waals surface area (Å²) in [6, 6.07) is 21.5. The molecule has 1 aliphatic rings. The van der Waals surface area contributed by atoms with Gasteiger partial charge >= 0.3 is 12.1 Å². The molecule has 3 aromatic carbocycles. The molecule has 1 atom stereocenters. The van der Waals surface area contributed by atoms with Crippen LogP contribution in [0.4, 0.5) is 10.5 Å². The highest BCUT2D eigenvalue weighted by Gasteiger charge is 2.29. The summed E-state index contributed by atoms with van der Waals surface area (Å²) < 4.78 is 11.1. The molecule has 1 amide bonds. The van der Waals surface area contributed by atoms with E-state index in [1.165, 1.54) is 11.1 Å². The van der Waals surface area contributed by atoms with Crippen LogP contribution in [-0.4, -0.2) is 24.3 Å². The van der Waals surface area contributed by atoms with E-state index in [1.807, 2.05) is 45.0 Å². The number of amides is 1. The smallest absolute Gasteiger partial charge is 0.411 e. The van der Waals surface area contributed by atoms with Gasteiger partial charge in [-0.1, -0.05) is 72.3 Å². The number of hydrogen-bond donors (Lipinski definition) is 1. The molecule has 1 unspecified atom stereocenters. The predicted octanol–water partition coefficient (Wildman–Crippen LogP) is 7.15. The van der Waals surface area contributed by atoms with Crippen molar-refractivity contribution in [2.24, 2.45) is 0 Å². The molecule has 0 bridgehead atoms. The lowest BCUT2D eigenvalue weighted by Crippen LogP contribution is -2.27. The molecule has 0 aromatic heterocycles. The molecule has 0 saturated carbocycles. The third-order valence-corrected chi connectivity index (χ3v) is 6.26. The zero-order valence-corrected chi connectivity index (χ0v) is 20.5. The molecule has 1 N–H and O–H groups in total. The summed E-state index contributed by atoms with van der Waals surface area (Å²) in [5.74, 6) is -1.00. The Morgan fingerprint density at radius 1 is 0.941 bits per heavy atom. The number of benzene rings is 3. The molecule has 6 heteroatoms. The number of esters is 1. The minimum absolute atomic E-state index is 0.0350. The van der Waals surface area contributed by atoms with Crippen LogP contribution in [0.15, 0.2) is 66.7 Å². The van der Waals surface area contributed by atoms with Crippen LogP contribution in [-0.2, 0) is 14.3 Å². The number of hydrogen-bond acceptors (Lipinski definition) is 4. The van der Waals surface area contributed by atoms with Gasteiger partial charge in [0, 0.05) is 5.92 Å². The van der Waals surface area contributed by atoms with E-state index in [-0.39, 0.29) is 23.5 Å². The van der Waals surface area contributed by atoms with Gasteiger partial charge < -0.3 is 9.47 Å². The van der Waals surface area contributed by atoms with Crippen molar-refractivity contribution in [2.75, 3.05) is 11.9 Å². The number of halogens is 1. The van der Waals surface area contributed by atoms with Gasteiger partial charge in [0.15, 0.2) is 0 Å². The molecule has 0 radical (unpaired) electrons. The molecule has 4 rings (SSSR count). The third-order valence-electron chi connectivity index (χ3n) is 5.84. The fourth-order valence-electron chi connectivity index (χ4n) is 4.24. The van der Waals surface area contributed by atoms with Gasteiger partial charge in [0.05, 0.1) is 16.6 Å². The molecule has 0 heterocycles. The van der Waals surface area contributed by atoms with E-state index in [4.69, 9.17) is 21.1 Å².